The van der Waals surface area contributed by atoms with E-state index in [4.69, 9.17) is 4.74 Å². The summed E-state index contributed by atoms with van der Waals surface area (Å²) < 4.78 is 32.3. The van der Waals surface area contributed by atoms with Crippen molar-refractivity contribution < 1.29 is 18.1 Å². The molecule has 1 aromatic heterocycles. The first-order valence-corrected chi connectivity index (χ1v) is 11.1. The molecular formula is C21H18N4O5S. The van der Waals surface area contributed by atoms with Crippen molar-refractivity contribution in [1.29, 1.82) is 0 Å². The molecule has 0 aliphatic carbocycles. The summed E-state index contributed by atoms with van der Waals surface area (Å²) in [5.74, 6) is 0.888. The first-order chi connectivity index (χ1) is 14.8. The van der Waals surface area contributed by atoms with Crippen molar-refractivity contribution in [3.05, 3.63) is 88.7 Å². The summed E-state index contributed by atoms with van der Waals surface area (Å²) in [4.78, 5) is 18.3. The molecule has 0 amide bonds. The Morgan fingerprint density at radius 1 is 1.06 bits per heavy atom. The van der Waals surface area contributed by atoms with Crippen molar-refractivity contribution in [2.75, 3.05) is 10.6 Å². The number of nitrogens with one attached hydrogen (secondary N) is 1. The lowest BCUT2D eigenvalue weighted by Gasteiger charge is -2.23. The molecule has 0 saturated heterocycles. The van der Waals surface area contributed by atoms with E-state index < -0.39 is 14.9 Å². The lowest BCUT2D eigenvalue weighted by atomic mass is 10.2. The average molecular weight is 438 g/mol. The molecule has 0 aliphatic heterocycles. The zero-order valence-electron chi connectivity index (χ0n) is 16.4. The number of benzene rings is 3. The zero-order chi connectivity index (χ0) is 22.0. The van der Waals surface area contributed by atoms with E-state index >= 15 is 0 Å². The number of para-hydroxylation sites is 3. The number of aromatic nitrogens is 2. The maximum Gasteiger partial charge on any atom is 0.273 e. The van der Waals surface area contributed by atoms with E-state index in [2.05, 4.69) is 9.97 Å². The van der Waals surface area contributed by atoms with Crippen LogP contribution in [0.5, 0.6) is 11.5 Å². The van der Waals surface area contributed by atoms with Gasteiger partial charge in [0.15, 0.2) is 5.75 Å². The summed E-state index contributed by atoms with van der Waals surface area (Å²) in [5.41, 5.74) is 1.43. The van der Waals surface area contributed by atoms with Crippen molar-refractivity contribution in [2.45, 2.75) is 6.54 Å². The number of aromatic amines is 1. The van der Waals surface area contributed by atoms with Crippen LogP contribution in [0.4, 0.5) is 11.4 Å². The molecule has 0 spiro atoms. The number of fused-ring (bicyclic) bond motifs is 1. The van der Waals surface area contributed by atoms with Crippen LogP contribution in [0.15, 0.2) is 72.8 Å². The quantitative estimate of drug-likeness (QED) is 0.341. The van der Waals surface area contributed by atoms with E-state index in [-0.39, 0.29) is 23.7 Å². The highest BCUT2D eigenvalue weighted by atomic mass is 32.2. The Bertz CT molecular complexity index is 1320. The number of sulfonamides is 1. The molecule has 4 aromatic rings. The fraction of sp³-hybridized carbons (Fsp3) is 0.0952. The smallest absolute Gasteiger partial charge is 0.273 e. The van der Waals surface area contributed by atoms with E-state index in [0.717, 1.165) is 16.1 Å². The summed E-state index contributed by atoms with van der Waals surface area (Å²) in [6.07, 6.45) is 1.06. The highest BCUT2D eigenvalue weighted by molar-refractivity contribution is 7.92. The largest absolute Gasteiger partial charge is 0.455 e. The number of rotatable bonds is 7. The van der Waals surface area contributed by atoms with Crippen LogP contribution in [-0.2, 0) is 16.6 Å². The van der Waals surface area contributed by atoms with E-state index in [9.17, 15) is 18.5 Å². The fourth-order valence-electron chi connectivity index (χ4n) is 3.12. The Morgan fingerprint density at radius 2 is 1.77 bits per heavy atom. The molecule has 0 atom stereocenters. The highest BCUT2D eigenvalue weighted by Crippen LogP contribution is 2.37. The van der Waals surface area contributed by atoms with Gasteiger partial charge in [-0.05, 0) is 30.3 Å². The van der Waals surface area contributed by atoms with Gasteiger partial charge in [-0.15, -0.1) is 0 Å². The Balaban J connectivity index is 1.79. The Kier molecular flexibility index (Phi) is 5.30. The summed E-state index contributed by atoms with van der Waals surface area (Å²) in [6.45, 7) is -0.101. The third-order valence-electron chi connectivity index (χ3n) is 4.53. The average Bonchev–Trinajstić information content (AvgIpc) is 3.15. The molecule has 4 rings (SSSR count). The Labute approximate surface area is 178 Å². The number of nitro groups is 1. The van der Waals surface area contributed by atoms with Gasteiger partial charge in [0.05, 0.1) is 40.5 Å². The second kappa shape index (κ2) is 8.07. The van der Waals surface area contributed by atoms with Gasteiger partial charge in [0.2, 0.25) is 10.0 Å². The highest BCUT2D eigenvalue weighted by Gasteiger charge is 2.25. The van der Waals surface area contributed by atoms with Crippen LogP contribution in [0.25, 0.3) is 11.0 Å². The van der Waals surface area contributed by atoms with Gasteiger partial charge in [0.25, 0.3) is 5.69 Å². The van der Waals surface area contributed by atoms with Crippen LogP contribution < -0.4 is 9.04 Å². The molecule has 1 N–H and O–H groups in total. The third-order valence-corrected chi connectivity index (χ3v) is 5.65. The number of hydrogen-bond donors (Lipinski definition) is 1. The normalized spacial score (nSPS) is 11.4. The lowest BCUT2D eigenvalue weighted by Crippen LogP contribution is -2.30. The topological polar surface area (TPSA) is 118 Å². The summed E-state index contributed by atoms with van der Waals surface area (Å²) in [6, 6.07) is 19.8. The fourth-order valence-corrected chi connectivity index (χ4v) is 3.98. The second-order valence-corrected chi connectivity index (χ2v) is 8.70. The van der Waals surface area contributed by atoms with Crippen LogP contribution in [0.1, 0.15) is 5.82 Å². The number of anilines is 1. The number of nitrogens with zero attached hydrogens (tertiary/aromatic N) is 3. The first-order valence-electron chi connectivity index (χ1n) is 9.24. The Hall–Kier alpha value is -3.92. The van der Waals surface area contributed by atoms with Crippen LogP contribution in [0.2, 0.25) is 0 Å². The van der Waals surface area contributed by atoms with E-state index in [1.165, 1.54) is 18.2 Å². The monoisotopic (exact) mass is 438 g/mol. The molecule has 1 heterocycles. The lowest BCUT2D eigenvalue weighted by molar-refractivity contribution is -0.384. The van der Waals surface area contributed by atoms with Gasteiger partial charge in [-0.25, -0.2) is 13.4 Å². The predicted molar refractivity (Wildman–Crippen MR) is 117 cm³/mol. The van der Waals surface area contributed by atoms with Gasteiger partial charge in [0.1, 0.15) is 11.6 Å². The minimum atomic E-state index is -3.78. The van der Waals surface area contributed by atoms with Gasteiger partial charge in [-0.2, -0.15) is 0 Å². The van der Waals surface area contributed by atoms with Gasteiger partial charge in [0, 0.05) is 6.07 Å². The molecule has 158 valence electrons. The van der Waals surface area contributed by atoms with Gasteiger partial charge >= 0.3 is 0 Å². The summed E-state index contributed by atoms with van der Waals surface area (Å²) in [7, 11) is -3.78. The van der Waals surface area contributed by atoms with Gasteiger partial charge in [-0.3, -0.25) is 14.4 Å². The zero-order valence-corrected chi connectivity index (χ0v) is 17.2. The van der Waals surface area contributed by atoms with Gasteiger partial charge < -0.3 is 9.72 Å². The first kappa shape index (κ1) is 20.4. The number of imidazole rings is 1. The Morgan fingerprint density at radius 3 is 2.45 bits per heavy atom. The molecule has 9 nitrogen and oxygen atoms in total. The molecule has 0 aliphatic rings. The van der Waals surface area contributed by atoms with E-state index in [0.29, 0.717) is 17.1 Å². The van der Waals surface area contributed by atoms with Gasteiger partial charge in [-0.1, -0.05) is 30.3 Å². The molecule has 10 heteroatoms. The minimum Gasteiger partial charge on any atom is -0.455 e. The molecular weight excluding hydrogens is 420 g/mol. The third kappa shape index (κ3) is 4.48. The number of H-pyrrole nitrogens is 1. The SMILES string of the molecule is CS(=O)(=O)N(Cc1nc2ccccc2[nH]1)c1ccc([N+](=O)[O-])cc1Oc1ccccc1. The number of hydrogen-bond acceptors (Lipinski definition) is 6. The van der Waals surface area contributed by atoms with Crippen LogP contribution in [0, 0.1) is 10.1 Å². The van der Waals surface area contributed by atoms with Crippen molar-refractivity contribution in [1.82, 2.24) is 9.97 Å². The minimum absolute atomic E-state index is 0.0435. The van der Waals surface area contributed by atoms with E-state index in [1.807, 2.05) is 24.3 Å². The van der Waals surface area contributed by atoms with Crippen molar-refractivity contribution in [3.63, 3.8) is 0 Å². The van der Waals surface area contributed by atoms with Crippen LogP contribution in [-0.4, -0.2) is 29.6 Å². The van der Waals surface area contributed by atoms with E-state index in [1.54, 1.807) is 30.3 Å². The standard InChI is InChI=1S/C21H18N4O5S/c1-31(28,29)24(14-21-22-17-9-5-6-10-18(17)23-21)19-12-11-15(25(26)27)13-20(19)30-16-7-3-2-4-8-16/h2-13H,14H2,1H3,(H,22,23). The molecule has 3 aromatic carbocycles. The molecule has 0 saturated carbocycles. The van der Waals surface area contributed by atoms with Crippen molar-refractivity contribution in [2.24, 2.45) is 0 Å². The molecule has 0 radical (unpaired) electrons. The van der Waals surface area contributed by atoms with Crippen LogP contribution >= 0.6 is 0 Å². The maximum absolute atomic E-state index is 12.7. The molecule has 0 unspecified atom stereocenters. The number of non-ortho nitro benzene ring substituents is 1. The second-order valence-electron chi connectivity index (χ2n) is 6.79. The summed E-state index contributed by atoms with van der Waals surface area (Å²) in [5, 5.41) is 11.3. The number of nitro benzene ring substituents is 1. The van der Waals surface area contributed by atoms with Crippen LogP contribution in [0.3, 0.4) is 0 Å². The maximum atomic E-state index is 12.7. The number of ether oxygens (including phenoxy) is 1. The predicted octanol–water partition coefficient (Wildman–Crippen LogP) is 4.23. The summed E-state index contributed by atoms with van der Waals surface area (Å²) >= 11 is 0. The van der Waals surface area contributed by atoms with Crippen molar-refractivity contribution >= 4 is 32.4 Å². The van der Waals surface area contributed by atoms with Crippen molar-refractivity contribution in [3.8, 4) is 11.5 Å². The molecule has 0 bridgehead atoms. The molecule has 31 heavy (non-hydrogen) atoms. The molecule has 0 fully saturated rings.